The van der Waals surface area contributed by atoms with Crippen LogP contribution in [0.4, 0.5) is 5.82 Å². The third-order valence-corrected chi connectivity index (χ3v) is 8.25. The maximum absolute atomic E-state index is 13.5. The molecule has 0 saturated carbocycles. The van der Waals surface area contributed by atoms with Crippen LogP contribution in [0.1, 0.15) is 29.7 Å². The van der Waals surface area contributed by atoms with Crippen molar-refractivity contribution in [1.82, 2.24) is 14.6 Å². The SMILES string of the molecule is N#C[C@@]1(c2ccc3c(N)ncnn23)O[C@H](COC(=O)Cc2ccccc2)C(OC(=O)Cc2ccccc2)C1OC(=O)CC1C=CC=CC1. The second-order valence-corrected chi connectivity index (χ2v) is 11.6. The molecule has 1 saturated heterocycles. The fourth-order valence-electron chi connectivity index (χ4n) is 5.93. The first kappa shape index (κ1) is 32.2. The van der Waals surface area contributed by atoms with E-state index in [9.17, 15) is 19.6 Å². The van der Waals surface area contributed by atoms with E-state index < -0.39 is 48.4 Å². The summed E-state index contributed by atoms with van der Waals surface area (Å²) in [5.74, 6) is -1.83. The van der Waals surface area contributed by atoms with E-state index in [1.54, 1.807) is 48.5 Å². The zero-order valence-electron chi connectivity index (χ0n) is 25.9. The molecule has 244 valence electrons. The Labute approximate surface area is 276 Å². The maximum atomic E-state index is 13.5. The monoisotopic (exact) mass is 647 g/mol. The number of ether oxygens (including phenoxy) is 4. The van der Waals surface area contributed by atoms with Gasteiger partial charge in [-0.15, -0.1) is 0 Å². The minimum atomic E-state index is -2.06. The highest BCUT2D eigenvalue weighted by Gasteiger charge is 2.62. The first-order valence-corrected chi connectivity index (χ1v) is 15.5. The van der Waals surface area contributed by atoms with Gasteiger partial charge in [0.05, 0.1) is 25.0 Å². The first-order valence-electron chi connectivity index (χ1n) is 15.5. The van der Waals surface area contributed by atoms with Crippen molar-refractivity contribution in [3.63, 3.8) is 0 Å². The number of nitrogen functional groups attached to an aromatic ring is 1. The molecule has 1 aliphatic carbocycles. The number of allylic oxidation sites excluding steroid dienone is 4. The summed E-state index contributed by atoms with van der Waals surface area (Å²) in [4.78, 5) is 43.9. The Morgan fingerprint density at radius 3 is 2.31 bits per heavy atom. The van der Waals surface area contributed by atoms with Crippen molar-refractivity contribution in [1.29, 1.82) is 5.26 Å². The summed E-state index contributed by atoms with van der Waals surface area (Å²) in [5, 5.41) is 15.2. The molecule has 12 heteroatoms. The number of aromatic nitrogens is 3. The lowest BCUT2D eigenvalue weighted by Crippen LogP contribution is -2.46. The number of benzene rings is 2. The Bertz CT molecular complexity index is 1880. The smallest absolute Gasteiger partial charge is 0.310 e. The fourth-order valence-corrected chi connectivity index (χ4v) is 5.93. The standard InChI is InChI=1S/C36H33N5O7/c37-22-36(29-17-16-27-35(38)39-23-40-41(27)29)34(47-32(44)20-26-14-8-3-9-15-26)33(46-31(43)19-25-12-6-2-7-13-25)28(48-36)21-45-30(42)18-24-10-4-1-5-11-24/h1-14,16-17,23,26,28,33-34H,15,18-21H2,(H2,38,39,40)/t26?,28-,33?,34?,36+/m1/s1. The van der Waals surface area contributed by atoms with Crippen molar-refractivity contribution >= 4 is 29.2 Å². The van der Waals surface area contributed by atoms with Gasteiger partial charge in [0.25, 0.3) is 0 Å². The maximum Gasteiger partial charge on any atom is 0.310 e. The third kappa shape index (κ3) is 6.96. The molecule has 6 rings (SSSR count). The molecule has 3 heterocycles. The van der Waals surface area contributed by atoms with Crippen LogP contribution in [0.2, 0.25) is 0 Å². The second kappa shape index (κ2) is 14.3. The molecule has 3 unspecified atom stereocenters. The zero-order valence-corrected chi connectivity index (χ0v) is 25.9. The third-order valence-electron chi connectivity index (χ3n) is 8.25. The van der Waals surface area contributed by atoms with Crippen LogP contribution in [0.3, 0.4) is 0 Å². The molecule has 4 aromatic rings. The summed E-state index contributed by atoms with van der Waals surface area (Å²) in [6.07, 6.45) is 5.29. The average Bonchev–Trinajstić information content (AvgIpc) is 3.66. The minimum absolute atomic E-state index is 0.00425. The molecule has 0 bridgehead atoms. The van der Waals surface area contributed by atoms with Gasteiger partial charge in [-0.25, -0.2) is 9.50 Å². The van der Waals surface area contributed by atoms with E-state index in [-0.39, 0.29) is 36.7 Å². The van der Waals surface area contributed by atoms with Crippen LogP contribution in [-0.4, -0.2) is 57.4 Å². The number of nitriles is 1. The van der Waals surface area contributed by atoms with Crippen molar-refractivity contribution in [2.24, 2.45) is 5.92 Å². The van der Waals surface area contributed by atoms with Crippen molar-refractivity contribution in [2.45, 2.75) is 49.6 Å². The van der Waals surface area contributed by atoms with Gasteiger partial charge in [-0.3, -0.25) is 14.4 Å². The molecule has 2 aromatic heterocycles. The van der Waals surface area contributed by atoms with Crippen molar-refractivity contribution in [3.05, 3.63) is 120 Å². The topological polar surface area (TPSA) is 168 Å². The minimum Gasteiger partial charge on any atom is -0.463 e. The highest BCUT2D eigenvalue weighted by Crippen LogP contribution is 2.44. The van der Waals surface area contributed by atoms with E-state index in [0.717, 1.165) is 5.56 Å². The van der Waals surface area contributed by atoms with E-state index in [0.29, 0.717) is 17.5 Å². The number of fused-ring (bicyclic) bond motifs is 1. The summed E-state index contributed by atoms with van der Waals surface area (Å²) >= 11 is 0. The largest absolute Gasteiger partial charge is 0.463 e. The molecule has 0 spiro atoms. The molecular formula is C36H33N5O7. The van der Waals surface area contributed by atoms with E-state index in [4.69, 9.17) is 24.7 Å². The average molecular weight is 648 g/mol. The van der Waals surface area contributed by atoms with Crippen LogP contribution >= 0.6 is 0 Å². The van der Waals surface area contributed by atoms with Gasteiger partial charge in [-0.1, -0.05) is 85.0 Å². The van der Waals surface area contributed by atoms with Crippen LogP contribution < -0.4 is 5.73 Å². The molecule has 1 fully saturated rings. The van der Waals surface area contributed by atoms with Crippen LogP contribution in [0.5, 0.6) is 0 Å². The molecule has 2 aromatic carbocycles. The molecule has 2 N–H and O–H groups in total. The summed E-state index contributed by atoms with van der Waals surface area (Å²) in [7, 11) is 0. The number of carbonyl (C=O) groups excluding carboxylic acids is 3. The summed E-state index contributed by atoms with van der Waals surface area (Å²) in [5.41, 5.74) is 6.00. The van der Waals surface area contributed by atoms with Gasteiger partial charge >= 0.3 is 17.9 Å². The van der Waals surface area contributed by atoms with Gasteiger partial charge in [0, 0.05) is 0 Å². The highest BCUT2D eigenvalue weighted by atomic mass is 16.7. The lowest BCUT2D eigenvalue weighted by atomic mass is 9.91. The molecule has 12 nitrogen and oxygen atoms in total. The quantitative estimate of drug-likeness (QED) is 0.186. The molecule has 2 aliphatic rings. The molecular weight excluding hydrogens is 614 g/mol. The normalized spacial score (nSPS) is 23.0. The lowest BCUT2D eigenvalue weighted by molar-refractivity contribution is -0.170. The zero-order chi connectivity index (χ0) is 33.5. The van der Waals surface area contributed by atoms with Crippen LogP contribution in [0.25, 0.3) is 5.52 Å². The molecule has 0 amide bonds. The van der Waals surface area contributed by atoms with Crippen LogP contribution in [0.15, 0.2) is 103 Å². The Morgan fingerprint density at radius 2 is 1.65 bits per heavy atom. The Morgan fingerprint density at radius 1 is 0.938 bits per heavy atom. The van der Waals surface area contributed by atoms with Crippen molar-refractivity contribution < 1.29 is 33.3 Å². The molecule has 48 heavy (non-hydrogen) atoms. The number of hydrogen-bond acceptors (Lipinski definition) is 11. The predicted molar refractivity (Wildman–Crippen MR) is 172 cm³/mol. The number of hydrogen-bond donors (Lipinski definition) is 1. The first-order chi connectivity index (χ1) is 23.4. The van der Waals surface area contributed by atoms with E-state index >= 15 is 0 Å². The molecule has 5 atom stereocenters. The predicted octanol–water partition coefficient (Wildman–Crippen LogP) is 3.80. The van der Waals surface area contributed by atoms with E-state index in [1.807, 2.05) is 48.6 Å². The highest BCUT2D eigenvalue weighted by molar-refractivity contribution is 5.74. The van der Waals surface area contributed by atoms with Gasteiger partial charge < -0.3 is 24.7 Å². The van der Waals surface area contributed by atoms with Gasteiger partial charge in [0.15, 0.2) is 18.0 Å². The van der Waals surface area contributed by atoms with E-state index in [1.165, 1.54) is 10.8 Å². The van der Waals surface area contributed by atoms with Gasteiger partial charge in [0.2, 0.25) is 5.60 Å². The number of esters is 3. The summed E-state index contributed by atoms with van der Waals surface area (Å²) < 4.78 is 25.5. The molecule has 0 radical (unpaired) electrons. The van der Waals surface area contributed by atoms with E-state index in [2.05, 4.69) is 16.2 Å². The summed E-state index contributed by atoms with van der Waals surface area (Å²) in [6, 6.07) is 23.3. The number of nitrogens with two attached hydrogens (primary N) is 1. The number of rotatable bonds is 11. The van der Waals surface area contributed by atoms with Crippen molar-refractivity contribution in [3.8, 4) is 6.07 Å². The van der Waals surface area contributed by atoms with Gasteiger partial charge in [-0.2, -0.15) is 10.4 Å². The Kier molecular flexibility index (Phi) is 9.59. The lowest BCUT2D eigenvalue weighted by Gasteiger charge is -2.29. The van der Waals surface area contributed by atoms with Crippen LogP contribution in [0, 0.1) is 17.2 Å². The summed E-state index contributed by atoms with van der Waals surface area (Å²) in [6.45, 7) is -0.400. The second-order valence-electron chi connectivity index (χ2n) is 11.6. The Hall–Kier alpha value is -5.80. The fraction of sp³-hybridized carbons (Fsp3) is 0.278. The number of anilines is 1. The number of carbonyl (C=O) groups is 3. The van der Waals surface area contributed by atoms with Gasteiger partial charge in [0.1, 0.15) is 30.6 Å². The Balaban J connectivity index is 1.35. The molecule has 1 aliphatic heterocycles. The number of nitrogens with zero attached hydrogens (tertiary/aromatic N) is 4. The van der Waals surface area contributed by atoms with Gasteiger partial charge in [-0.05, 0) is 35.6 Å². The van der Waals surface area contributed by atoms with Crippen molar-refractivity contribution in [2.75, 3.05) is 12.3 Å². The van der Waals surface area contributed by atoms with Crippen LogP contribution in [-0.2, 0) is 51.8 Å².